The Morgan fingerprint density at radius 2 is 1.53 bits per heavy atom. The molecule has 0 radical (unpaired) electrons. The van der Waals surface area contributed by atoms with Crippen molar-refractivity contribution in [2.75, 3.05) is 14.2 Å². The third kappa shape index (κ3) is 4.28. The molecule has 0 saturated heterocycles. The predicted octanol–water partition coefficient (Wildman–Crippen LogP) is 6.00. The Balaban J connectivity index is 1.62. The van der Waals surface area contributed by atoms with Crippen LogP contribution in [0.25, 0.3) is 23.1 Å². The first-order valence-corrected chi connectivity index (χ1v) is 9.74. The van der Waals surface area contributed by atoms with Crippen LogP contribution < -0.4 is 14.2 Å². The number of pyridine rings is 1. The number of benzene rings is 3. The van der Waals surface area contributed by atoms with E-state index >= 15 is 0 Å². The van der Waals surface area contributed by atoms with E-state index in [1.807, 2.05) is 84.9 Å². The fourth-order valence-corrected chi connectivity index (χ4v) is 3.30. The van der Waals surface area contributed by atoms with E-state index in [2.05, 4.69) is 6.07 Å². The van der Waals surface area contributed by atoms with Crippen molar-refractivity contribution >= 4 is 23.1 Å². The van der Waals surface area contributed by atoms with Crippen molar-refractivity contribution in [2.24, 2.45) is 0 Å². The molecule has 0 spiro atoms. The predicted molar refractivity (Wildman–Crippen MR) is 121 cm³/mol. The largest absolute Gasteiger partial charge is 0.493 e. The SMILES string of the molecule is COc1cccc(/C=C/c2ccc3cccc(OCc4ccccc4)c3n2)c1OC. The summed E-state index contributed by atoms with van der Waals surface area (Å²) in [5.41, 5.74) is 3.72. The first-order chi connectivity index (χ1) is 14.8. The van der Waals surface area contributed by atoms with Crippen LogP contribution >= 0.6 is 0 Å². The van der Waals surface area contributed by atoms with Crippen molar-refractivity contribution in [3.8, 4) is 17.2 Å². The smallest absolute Gasteiger partial charge is 0.167 e. The zero-order valence-corrected chi connectivity index (χ0v) is 17.0. The highest BCUT2D eigenvalue weighted by Crippen LogP contribution is 2.32. The van der Waals surface area contributed by atoms with Crippen LogP contribution in [0.5, 0.6) is 17.2 Å². The molecule has 0 fully saturated rings. The van der Waals surface area contributed by atoms with Crippen LogP contribution in [0.4, 0.5) is 0 Å². The normalized spacial score (nSPS) is 11.0. The highest BCUT2D eigenvalue weighted by atomic mass is 16.5. The van der Waals surface area contributed by atoms with Crippen LogP contribution in [0.2, 0.25) is 0 Å². The van der Waals surface area contributed by atoms with Gasteiger partial charge in [0.1, 0.15) is 17.9 Å². The number of methoxy groups -OCH3 is 2. The molecule has 3 aromatic carbocycles. The number of fused-ring (bicyclic) bond motifs is 1. The number of rotatable bonds is 7. The third-order valence-electron chi connectivity index (χ3n) is 4.81. The van der Waals surface area contributed by atoms with E-state index in [1.54, 1.807) is 14.2 Å². The molecule has 0 unspecified atom stereocenters. The van der Waals surface area contributed by atoms with Crippen molar-refractivity contribution in [3.05, 3.63) is 95.7 Å². The lowest BCUT2D eigenvalue weighted by molar-refractivity contribution is 0.309. The molecule has 4 aromatic rings. The number of aromatic nitrogens is 1. The average molecular weight is 397 g/mol. The number of hydrogen-bond donors (Lipinski definition) is 0. The van der Waals surface area contributed by atoms with Gasteiger partial charge in [-0.1, -0.05) is 60.7 Å². The van der Waals surface area contributed by atoms with Crippen LogP contribution in [0, 0.1) is 0 Å². The number of ether oxygens (including phenoxy) is 3. The summed E-state index contributed by atoms with van der Waals surface area (Å²) in [6.45, 7) is 0.503. The number of nitrogens with zero attached hydrogens (tertiary/aromatic N) is 1. The Hall–Kier alpha value is -3.79. The highest BCUT2D eigenvalue weighted by molar-refractivity contribution is 5.86. The Kier molecular flexibility index (Phi) is 5.95. The van der Waals surface area contributed by atoms with Crippen LogP contribution in [-0.4, -0.2) is 19.2 Å². The van der Waals surface area contributed by atoms with Crippen molar-refractivity contribution in [1.82, 2.24) is 4.98 Å². The van der Waals surface area contributed by atoms with E-state index in [0.717, 1.165) is 33.5 Å². The summed E-state index contributed by atoms with van der Waals surface area (Å²) in [6, 6.07) is 25.9. The zero-order valence-electron chi connectivity index (χ0n) is 17.0. The molecule has 4 heteroatoms. The molecule has 0 N–H and O–H groups in total. The minimum Gasteiger partial charge on any atom is -0.493 e. The van der Waals surface area contributed by atoms with Gasteiger partial charge in [0.15, 0.2) is 11.5 Å². The van der Waals surface area contributed by atoms with Crippen LogP contribution in [-0.2, 0) is 6.61 Å². The van der Waals surface area contributed by atoms with Gasteiger partial charge in [-0.2, -0.15) is 0 Å². The van der Waals surface area contributed by atoms with Gasteiger partial charge in [0.05, 0.1) is 19.9 Å². The molecule has 1 heterocycles. The molecule has 30 heavy (non-hydrogen) atoms. The lowest BCUT2D eigenvalue weighted by Crippen LogP contribution is -1.97. The van der Waals surface area contributed by atoms with Gasteiger partial charge < -0.3 is 14.2 Å². The van der Waals surface area contributed by atoms with Gasteiger partial charge in [-0.05, 0) is 35.9 Å². The van der Waals surface area contributed by atoms with Crippen LogP contribution in [0.3, 0.4) is 0 Å². The summed E-state index contributed by atoms with van der Waals surface area (Å²) in [7, 11) is 3.27. The van der Waals surface area contributed by atoms with Crippen molar-refractivity contribution < 1.29 is 14.2 Å². The van der Waals surface area contributed by atoms with E-state index in [9.17, 15) is 0 Å². The van der Waals surface area contributed by atoms with Crippen LogP contribution in [0.15, 0.2) is 78.9 Å². The van der Waals surface area contributed by atoms with E-state index < -0.39 is 0 Å². The molecular weight excluding hydrogens is 374 g/mol. The molecular formula is C26H23NO3. The Bertz CT molecular complexity index is 1170. The van der Waals surface area contributed by atoms with Crippen molar-refractivity contribution in [1.29, 1.82) is 0 Å². The monoisotopic (exact) mass is 397 g/mol. The fraction of sp³-hybridized carbons (Fsp3) is 0.115. The summed E-state index contributed by atoms with van der Waals surface area (Å²) in [4.78, 5) is 4.82. The number of hydrogen-bond acceptors (Lipinski definition) is 4. The minimum atomic E-state index is 0.503. The van der Waals surface area contributed by atoms with Crippen LogP contribution in [0.1, 0.15) is 16.8 Å². The summed E-state index contributed by atoms with van der Waals surface area (Å²) in [5.74, 6) is 2.16. The lowest BCUT2D eigenvalue weighted by atomic mass is 10.1. The maximum Gasteiger partial charge on any atom is 0.167 e. The van der Waals surface area contributed by atoms with Gasteiger partial charge in [-0.15, -0.1) is 0 Å². The topological polar surface area (TPSA) is 40.6 Å². The summed E-state index contributed by atoms with van der Waals surface area (Å²) in [5, 5.41) is 1.04. The third-order valence-corrected chi connectivity index (χ3v) is 4.81. The standard InChI is InChI=1S/C26H23NO3/c1-28-24-13-7-11-21(26(24)29-2)15-17-22-16-14-20-10-6-12-23(25(20)27-22)30-18-19-8-4-3-5-9-19/h3-17H,18H2,1-2H3/b17-15+. The van der Waals surface area contributed by atoms with E-state index in [-0.39, 0.29) is 0 Å². The Labute approximate surface area is 176 Å². The maximum atomic E-state index is 6.07. The Morgan fingerprint density at radius 1 is 0.733 bits per heavy atom. The van der Waals surface area contributed by atoms with Gasteiger partial charge >= 0.3 is 0 Å². The molecule has 4 rings (SSSR count). The molecule has 0 aliphatic heterocycles. The number of para-hydroxylation sites is 2. The molecule has 1 aromatic heterocycles. The Morgan fingerprint density at radius 3 is 2.33 bits per heavy atom. The first-order valence-electron chi connectivity index (χ1n) is 9.74. The second-order valence-electron chi connectivity index (χ2n) is 6.75. The highest BCUT2D eigenvalue weighted by Gasteiger charge is 2.08. The van der Waals surface area contributed by atoms with Gasteiger partial charge in [-0.25, -0.2) is 4.98 Å². The molecule has 0 aliphatic rings. The summed E-state index contributed by atoms with van der Waals surface area (Å²) >= 11 is 0. The lowest BCUT2D eigenvalue weighted by Gasteiger charge is -2.10. The van der Waals surface area contributed by atoms with E-state index in [1.165, 1.54) is 0 Å². The molecule has 0 bridgehead atoms. The van der Waals surface area contributed by atoms with Gasteiger partial charge in [0.25, 0.3) is 0 Å². The second-order valence-corrected chi connectivity index (χ2v) is 6.75. The second kappa shape index (κ2) is 9.14. The molecule has 0 amide bonds. The average Bonchev–Trinajstić information content (AvgIpc) is 2.81. The molecule has 150 valence electrons. The molecule has 0 aliphatic carbocycles. The minimum absolute atomic E-state index is 0.503. The van der Waals surface area contributed by atoms with E-state index in [4.69, 9.17) is 19.2 Å². The van der Waals surface area contributed by atoms with Crippen molar-refractivity contribution in [2.45, 2.75) is 6.61 Å². The van der Waals surface area contributed by atoms with Gasteiger partial charge in [0, 0.05) is 10.9 Å². The molecule has 0 saturated carbocycles. The quantitative estimate of drug-likeness (QED) is 0.383. The summed E-state index contributed by atoms with van der Waals surface area (Å²) in [6.07, 6.45) is 3.94. The van der Waals surface area contributed by atoms with E-state index in [0.29, 0.717) is 18.1 Å². The van der Waals surface area contributed by atoms with Crippen molar-refractivity contribution in [3.63, 3.8) is 0 Å². The fourth-order valence-electron chi connectivity index (χ4n) is 3.30. The van der Waals surface area contributed by atoms with Gasteiger partial charge in [0.2, 0.25) is 0 Å². The van der Waals surface area contributed by atoms with Gasteiger partial charge in [-0.3, -0.25) is 0 Å². The molecule has 4 nitrogen and oxygen atoms in total. The summed E-state index contributed by atoms with van der Waals surface area (Å²) < 4.78 is 16.9. The zero-order chi connectivity index (χ0) is 20.8. The first kappa shape index (κ1) is 19.5. The molecule has 0 atom stereocenters. The maximum absolute atomic E-state index is 6.07.